The number of carbonyl (C=O) groups excluding carboxylic acids is 1. The molecule has 3 aromatic carbocycles. The van der Waals surface area contributed by atoms with E-state index in [1.165, 1.54) is 29.9 Å². The number of hydrogen-bond acceptors (Lipinski definition) is 7. The van der Waals surface area contributed by atoms with Crippen molar-refractivity contribution in [1.82, 2.24) is 4.57 Å². The second-order valence-corrected chi connectivity index (χ2v) is 9.76. The molecule has 1 aliphatic rings. The number of aromatic nitrogens is 1. The largest absolute Gasteiger partial charge is 0.504 e. The Morgan fingerprint density at radius 1 is 1.10 bits per heavy atom. The van der Waals surface area contributed by atoms with Crippen molar-refractivity contribution < 1.29 is 28.2 Å². The molecule has 1 amide bonds. The first-order chi connectivity index (χ1) is 19.3. The van der Waals surface area contributed by atoms with Crippen LogP contribution >= 0.6 is 11.3 Å². The van der Waals surface area contributed by atoms with Gasteiger partial charge in [-0.3, -0.25) is 14.2 Å². The molecule has 204 valence electrons. The summed E-state index contributed by atoms with van der Waals surface area (Å²) in [6.07, 6.45) is 1.46. The minimum Gasteiger partial charge on any atom is -0.504 e. The average Bonchev–Trinajstić information content (AvgIpc) is 3.23. The second-order valence-electron chi connectivity index (χ2n) is 8.75. The van der Waals surface area contributed by atoms with Crippen LogP contribution in [-0.2, 0) is 4.79 Å². The number of fused-ring (bicyclic) bond motifs is 1. The van der Waals surface area contributed by atoms with E-state index in [9.17, 15) is 23.5 Å². The standard InChI is InChI=1S/C29H23F2N3O5S/c1-16-24(26(36)33-19-9-4-3-5-10-19)25(18-12-13-20(35)22(14-18)38-2)34-27(37)23(40-29(34)32-16)15-17-8-6-7-11-21(17)39-28(30)31/h3-15,25,28,35H,1-2H3,(H,33,36)/b23-15+/t25-/m1/s1. The maximum atomic E-state index is 13.8. The predicted octanol–water partition coefficient (Wildman–Crippen LogP) is 4.19. The minimum absolute atomic E-state index is 0.0812. The van der Waals surface area contributed by atoms with Crippen molar-refractivity contribution in [3.63, 3.8) is 0 Å². The highest BCUT2D eigenvalue weighted by Crippen LogP contribution is 2.35. The van der Waals surface area contributed by atoms with Crippen molar-refractivity contribution in [2.45, 2.75) is 19.6 Å². The lowest BCUT2D eigenvalue weighted by molar-refractivity contribution is -0.113. The van der Waals surface area contributed by atoms with Gasteiger partial charge in [-0.15, -0.1) is 0 Å². The number of rotatable bonds is 7. The molecule has 0 unspecified atom stereocenters. The van der Waals surface area contributed by atoms with Gasteiger partial charge in [0.2, 0.25) is 0 Å². The Kier molecular flexibility index (Phi) is 7.47. The molecule has 4 aromatic rings. The fraction of sp³-hybridized carbons (Fsp3) is 0.138. The molecule has 2 heterocycles. The van der Waals surface area contributed by atoms with Gasteiger partial charge < -0.3 is 19.9 Å². The smallest absolute Gasteiger partial charge is 0.387 e. The zero-order valence-corrected chi connectivity index (χ0v) is 22.1. The summed E-state index contributed by atoms with van der Waals surface area (Å²) in [5.74, 6) is -0.489. The Morgan fingerprint density at radius 2 is 1.82 bits per heavy atom. The van der Waals surface area contributed by atoms with Gasteiger partial charge in [-0.1, -0.05) is 53.8 Å². The van der Waals surface area contributed by atoms with Gasteiger partial charge in [-0.05, 0) is 48.9 Å². The first-order valence-electron chi connectivity index (χ1n) is 12.1. The molecule has 0 saturated heterocycles. The first-order valence-corrected chi connectivity index (χ1v) is 12.9. The Labute approximate surface area is 230 Å². The van der Waals surface area contributed by atoms with Crippen molar-refractivity contribution >= 4 is 29.0 Å². The Balaban J connectivity index is 1.70. The van der Waals surface area contributed by atoms with Crippen LogP contribution in [0.25, 0.3) is 6.08 Å². The molecular formula is C29H23F2N3O5S. The molecule has 0 saturated carbocycles. The van der Waals surface area contributed by atoms with Crippen molar-refractivity contribution in [2.24, 2.45) is 4.99 Å². The third-order valence-corrected chi connectivity index (χ3v) is 7.22. The second kappa shape index (κ2) is 11.1. The minimum atomic E-state index is -3.03. The van der Waals surface area contributed by atoms with Gasteiger partial charge >= 0.3 is 6.61 Å². The van der Waals surface area contributed by atoms with E-state index in [4.69, 9.17) is 4.74 Å². The third kappa shape index (κ3) is 5.23. The van der Waals surface area contributed by atoms with Crippen molar-refractivity contribution in [1.29, 1.82) is 0 Å². The Hall–Kier alpha value is -4.77. The lowest BCUT2D eigenvalue weighted by Crippen LogP contribution is -2.40. The van der Waals surface area contributed by atoms with Crippen LogP contribution in [0.2, 0.25) is 0 Å². The fourth-order valence-corrected chi connectivity index (χ4v) is 5.49. The number of nitrogens with one attached hydrogen (secondary N) is 1. The van der Waals surface area contributed by atoms with Crippen LogP contribution in [0.15, 0.2) is 93.9 Å². The molecular weight excluding hydrogens is 540 g/mol. The van der Waals surface area contributed by atoms with E-state index in [-0.39, 0.29) is 32.9 Å². The number of alkyl halides is 2. The number of hydrogen-bond donors (Lipinski definition) is 2. The van der Waals surface area contributed by atoms with E-state index in [1.54, 1.807) is 61.5 Å². The molecule has 1 aliphatic heterocycles. The predicted molar refractivity (Wildman–Crippen MR) is 147 cm³/mol. The molecule has 11 heteroatoms. The lowest BCUT2D eigenvalue weighted by atomic mass is 9.94. The van der Waals surface area contributed by atoms with E-state index in [2.05, 4.69) is 15.0 Å². The number of amides is 1. The molecule has 0 aliphatic carbocycles. The van der Waals surface area contributed by atoms with Crippen molar-refractivity contribution in [3.05, 3.63) is 115 Å². The van der Waals surface area contributed by atoms with Crippen LogP contribution in [0.5, 0.6) is 17.2 Å². The molecule has 0 radical (unpaired) electrons. The quantitative estimate of drug-likeness (QED) is 0.351. The number of benzene rings is 3. The zero-order chi connectivity index (χ0) is 28.4. The summed E-state index contributed by atoms with van der Waals surface area (Å²) in [7, 11) is 1.40. The normalized spacial score (nSPS) is 15.0. The topological polar surface area (TPSA) is 102 Å². The van der Waals surface area contributed by atoms with Gasteiger partial charge in [0.15, 0.2) is 16.3 Å². The number of allylic oxidation sites excluding steroid dienone is 1. The number of phenols is 1. The molecule has 1 atom stereocenters. The number of phenolic OH excluding ortho intramolecular Hbond substituents is 1. The van der Waals surface area contributed by atoms with Gasteiger partial charge in [0.1, 0.15) is 5.75 Å². The van der Waals surface area contributed by atoms with Gasteiger partial charge in [-0.2, -0.15) is 8.78 Å². The molecule has 0 bridgehead atoms. The van der Waals surface area contributed by atoms with Crippen LogP contribution in [0, 0.1) is 0 Å². The van der Waals surface area contributed by atoms with E-state index in [1.807, 2.05) is 6.07 Å². The summed E-state index contributed by atoms with van der Waals surface area (Å²) in [6.45, 7) is -1.36. The van der Waals surface area contributed by atoms with Gasteiger partial charge in [-0.25, -0.2) is 4.99 Å². The summed E-state index contributed by atoms with van der Waals surface area (Å²) in [5, 5.41) is 13.0. The molecule has 0 spiro atoms. The van der Waals surface area contributed by atoms with Crippen LogP contribution < -0.4 is 29.7 Å². The van der Waals surface area contributed by atoms with E-state index in [0.29, 0.717) is 21.7 Å². The highest BCUT2D eigenvalue weighted by molar-refractivity contribution is 7.07. The highest BCUT2D eigenvalue weighted by atomic mass is 32.1. The number of carbonyl (C=O) groups is 1. The fourth-order valence-electron chi connectivity index (χ4n) is 4.46. The number of nitrogens with zero attached hydrogens (tertiary/aromatic N) is 2. The number of ether oxygens (including phenoxy) is 2. The maximum absolute atomic E-state index is 13.8. The average molecular weight is 564 g/mol. The monoisotopic (exact) mass is 563 g/mol. The Morgan fingerprint density at radius 3 is 2.55 bits per heavy atom. The lowest BCUT2D eigenvalue weighted by Gasteiger charge is -2.25. The van der Waals surface area contributed by atoms with Crippen LogP contribution in [0.3, 0.4) is 0 Å². The number of methoxy groups -OCH3 is 1. The number of thiazole rings is 1. The molecule has 5 rings (SSSR count). The highest BCUT2D eigenvalue weighted by Gasteiger charge is 2.33. The van der Waals surface area contributed by atoms with E-state index in [0.717, 1.165) is 11.3 Å². The van der Waals surface area contributed by atoms with Gasteiger partial charge in [0, 0.05) is 11.3 Å². The van der Waals surface area contributed by atoms with Gasteiger partial charge in [0.05, 0.1) is 29.0 Å². The van der Waals surface area contributed by atoms with Crippen molar-refractivity contribution in [2.75, 3.05) is 12.4 Å². The molecule has 40 heavy (non-hydrogen) atoms. The molecule has 8 nitrogen and oxygen atoms in total. The molecule has 0 fully saturated rings. The maximum Gasteiger partial charge on any atom is 0.387 e. The summed E-state index contributed by atoms with van der Waals surface area (Å²) < 4.78 is 37.4. The first kappa shape index (κ1) is 26.8. The summed E-state index contributed by atoms with van der Waals surface area (Å²) in [5.41, 5.74) is 1.47. The number of anilines is 1. The SMILES string of the molecule is COc1cc([C@@H]2C(C(=O)Nc3ccccc3)=C(C)N=c3s/c(=C/c4ccccc4OC(F)F)c(=O)n32)ccc1O. The number of aromatic hydroxyl groups is 1. The van der Waals surface area contributed by atoms with Crippen molar-refractivity contribution in [3.8, 4) is 17.2 Å². The molecule has 2 N–H and O–H groups in total. The zero-order valence-electron chi connectivity index (χ0n) is 21.3. The summed E-state index contributed by atoms with van der Waals surface area (Å²) >= 11 is 1.06. The van der Waals surface area contributed by atoms with E-state index < -0.39 is 24.1 Å². The van der Waals surface area contributed by atoms with Crippen LogP contribution in [0.4, 0.5) is 14.5 Å². The summed E-state index contributed by atoms with van der Waals surface area (Å²) in [6, 6.07) is 18.6. The number of para-hydroxylation sites is 2. The van der Waals surface area contributed by atoms with E-state index >= 15 is 0 Å². The number of halogens is 2. The van der Waals surface area contributed by atoms with Crippen LogP contribution in [0.1, 0.15) is 24.1 Å². The third-order valence-electron chi connectivity index (χ3n) is 6.24. The molecule has 1 aromatic heterocycles. The van der Waals surface area contributed by atoms with Gasteiger partial charge in [0.25, 0.3) is 11.5 Å². The van der Waals surface area contributed by atoms with Crippen LogP contribution in [-0.4, -0.2) is 29.3 Å². The Bertz CT molecular complexity index is 1800. The summed E-state index contributed by atoms with van der Waals surface area (Å²) in [4.78, 5) is 32.4.